The van der Waals surface area contributed by atoms with Crippen molar-refractivity contribution in [1.82, 2.24) is 0 Å². The van der Waals surface area contributed by atoms with Gasteiger partial charge in [0.1, 0.15) is 5.75 Å². The number of benzene rings is 1. The fourth-order valence-electron chi connectivity index (χ4n) is 3.35. The molecule has 1 aromatic rings. The van der Waals surface area contributed by atoms with E-state index in [1.807, 2.05) is 0 Å². The van der Waals surface area contributed by atoms with E-state index in [9.17, 15) is 0 Å². The van der Waals surface area contributed by atoms with Gasteiger partial charge in [-0.25, -0.2) is 0 Å². The summed E-state index contributed by atoms with van der Waals surface area (Å²) in [4.78, 5) is 0.677. The molecule has 0 N–H and O–H groups in total. The highest BCUT2D eigenvalue weighted by Crippen LogP contribution is 2.38. The molecule has 3 atom stereocenters. The molecule has 0 radical (unpaired) electrons. The van der Waals surface area contributed by atoms with Gasteiger partial charge in [0.25, 0.3) is 0 Å². The van der Waals surface area contributed by atoms with Crippen LogP contribution in [-0.4, -0.2) is 11.9 Å². The molecule has 0 heterocycles. The lowest BCUT2D eigenvalue weighted by molar-refractivity contribution is 0.263. The molecule has 1 nitrogen and oxygen atoms in total. The summed E-state index contributed by atoms with van der Waals surface area (Å²) in [5.41, 5.74) is 1.41. The Bertz CT molecular complexity index is 433. The van der Waals surface area contributed by atoms with Crippen LogP contribution in [0, 0.1) is 11.8 Å². The summed E-state index contributed by atoms with van der Waals surface area (Å²) in [5, 5.41) is 0. The van der Waals surface area contributed by atoms with Crippen molar-refractivity contribution in [3.05, 3.63) is 28.2 Å². The summed E-state index contributed by atoms with van der Waals surface area (Å²) >= 11 is 7.49. The van der Waals surface area contributed by atoms with Gasteiger partial charge in [0, 0.05) is 4.83 Å². The first-order chi connectivity index (χ1) is 9.63. The molecule has 1 aliphatic rings. The van der Waals surface area contributed by atoms with Crippen LogP contribution in [0.2, 0.25) is 0 Å². The third-order valence-electron chi connectivity index (χ3n) is 4.41. The van der Waals surface area contributed by atoms with E-state index in [0.717, 1.165) is 22.1 Å². The van der Waals surface area contributed by atoms with Crippen molar-refractivity contribution >= 4 is 31.9 Å². The number of hydrogen-bond acceptors (Lipinski definition) is 1. The second kappa shape index (κ2) is 7.84. The van der Waals surface area contributed by atoms with Crippen molar-refractivity contribution in [3.8, 4) is 5.75 Å². The number of hydrogen-bond donors (Lipinski definition) is 0. The fourth-order valence-corrected chi connectivity index (χ4v) is 4.60. The maximum absolute atomic E-state index is 5.30. The zero-order chi connectivity index (χ0) is 14.5. The lowest BCUT2D eigenvalue weighted by Crippen LogP contribution is -2.26. The molecular weight excluding hydrogens is 380 g/mol. The highest BCUT2D eigenvalue weighted by molar-refractivity contribution is 9.10. The number of methoxy groups -OCH3 is 1. The molecule has 3 heteroatoms. The summed E-state index contributed by atoms with van der Waals surface area (Å²) in [5.74, 6) is 2.61. The van der Waals surface area contributed by atoms with Gasteiger partial charge in [-0.2, -0.15) is 0 Å². The van der Waals surface area contributed by atoms with Crippen LogP contribution in [0.4, 0.5) is 0 Å². The Morgan fingerprint density at radius 2 is 2.10 bits per heavy atom. The van der Waals surface area contributed by atoms with Gasteiger partial charge in [-0.05, 0) is 71.1 Å². The van der Waals surface area contributed by atoms with Gasteiger partial charge in [0.15, 0.2) is 0 Å². The van der Waals surface area contributed by atoms with E-state index < -0.39 is 0 Å². The first-order valence-corrected chi connectivity index (χ1v) is 9.31. The second-order valence-electron chi connectivity index (χ2n) is 5.92. The Morgan fingerprint density at radius 1 is 1.30 bits per heavy atom. The lowest BCUT2D eigenvalue weighted by atomic mass is 9.77. The van der Waals surface area contributed by atoms with E-state index in [1.54, 1.807) is 7.11 Å². The van der Waals surface area contributed by atoms with Crippen molar-refractivity contribution in [2.75, 3.05) is 7.11 Å². The summed E-state index contributed by atoms with van der Waals surface area (Å²) in [7, 11) is 1.71. The Hall–Kier alpha value is -0.0200. The van der Waals surface area contributed by atoms with Gasteiger partial charge < -0.3 is 4.74 Å². The minimum atomic E-state index is 0.677. The van der Waals surface area contributed by atoms with E-state index in [4.69, 9.17) is 4.74 Å². The largest absolute Gasteiger partial charge is 0.496 e. The van der Waals surface area contributed by atoms with E-state index in [2.05, 4.69) is 57.0 Å². The summed E-state index contributed by atoms with van der Waals surface area (Å²) in [6.45, 7) is 2.30. The van der Waals surface area contributed by atoms with Gasteiger partial charge in [-0.1, -0.05) is 41.8 Å². The summed E-state index contributed by atoms with van der Waals surface area (Å²) < 4.78 is 6.36. The molecule has 20 heavy (non-hydrogen) atoms. The minimum Gasteiger partial charge on any atom is -0.496 e. The monoisotopic (exact) mass is 402 g/mol. The van der Waals surface area contributed by atoms with Crippen LogP contribution in [0.5, 0.6) is 5.75 Å². The number of ether oxygens (including phenoxy) is 1. The van der Waals surface area contributed by atoms with Crippen molar-refractivity contribution in [3.63, 3.8) is 0 Å². The number of rotatable bonds is 5. The van der Waals surface area contributed by atoms with Gasteiger partial charge in [-0.15, -0.1) is 0 Å². The molecule has 0 aromatic heterocycles. The molecule has 0 bridgehead atoms. The highest BCUT2D eigenvalue weighted by atomic mass is 79.9. The van der Waals surface area contributed by atoms with E-state index in [0.29, 0.717) is 4.83 Å². The van der Waals surface area contributed by atoms with Gasteiger partial charge >= 0.3 is 0 Å². The Morgan fingerprint density at radius 3 is 2.75 bits per heavy atom. The van der Waals surface area contributed by atoms with Gasteiger partial charge in [0.05, 0.1) is 11.6 Å². The average Bonchev–Trinajstić information content (AvgIpc) is 2.43. The molecule has 2 rings (SSSR count). The van der Waals surface area contributed by atoms with Crippen LogP contribution in [0.3, 0.4) is 0 Å². The van der Waals surface area contributed by atoms with Crippen LogP contribution >= 0.6 is 31.9 Å². The first kappa shape index (κ1) is 16.4. The molecule has 0 amide bonds. The van der Waals surface area contributed by atoms with E-state index >= 15 is 0 Å². The molecule has 0 spiro atoms. The number of alkyl halides is 1. The molecular formula is C17H24Br2O. The Balaban J connectivity index is 2.02. The molecule has 1 fully saturated rings. The Labute approximate surface area is 139 Å². The molecule has 1 saturated carbocycles. The van der Waals surface area contributed by atoms with Crippen LogP contribution in [0.15, 0.2) is 22.7 Å². The average molecular weight is 404 g/mol. The highest BCUT2D eigenvalue weighted by Gasteiger charge is 2.28. The predicted molar refractivity (Wildman–Crippen MR) is 92.9 cm³/mol. The second-order valence-corrected chi connectivity index (χ2v) is 7.95. The first-order valence-electron chi connectivity index (χ1n) is 7.60. The summed E-state index contributed by atoms with van der Waals surface area (Å²) in [6.07, 6.45) is 7.96. The predicted octanol–water partition coefficient (Wildman–Crippen LogP) is 5.98. The fraction of sp³-hybridized carbons (Fsp3) is 0.647. The maximum atomic E-state index is 5.30. The molecule has 1 aromatic carbocycles. The minimum absolute atomic E-state index is 0.677. The zero-order valence-electron chi connectivity index (χ0n) is 12.4. The smallest absolute Gasteiger partial charge is 0.133 e. The zero-order valence-corrected chi connectivity index (χ0v) is 15.5. The van der Waals surface area contributed by atoms with E-state index in [1.165, 1.54) is 44.1 Å². The van der Waals surface area contributed by atoms with Crippen LogP contribution in [-0.2, 0) is 6.42 Å². The SMILES string of the molecule is CCCC1CCC(Br)C(Cc2ccc(OC)c(Br)c2)C1. The van der Waals surface area contributed by atoms with E-state index in [-0.39, 0.29) is 0 Å². The number of halogens is 2. The van der Waals surface area contributed by atoms with Crippen molar-refractivity contribution in [2.45, 2.75) is 50.3 Å². The quantitative estimate of drug-likeness (QED) is 0.549. The molecule has 112 valence electrons. The standard InChI is InChI=1S/C17H24Br2O/c1-3-4-12-5-7-15(18)14(9-12)10-13-6-8-17(20-2)16(19)11-13/h6,8,11-12,14-15H,3-5,7,9-10H2,1-2H3. The molecule has 0 saturated heterocycles. The van der Waals surface area contributed by atoms with Crippen LogP contribution < -0.4 is 4.74 Å². The lowest BCUT2D eigenvalue weighted by Gasteiger charge is -2.33. The van der Waals surface area contributed by atoms with Crippen LogP contribution in [0.1, 0.15) is 44.6 Å². The summed E-state index contributed by atoms with van der Waals surface area (Å²) in [6, 6.07) is 6.48. The third-order valence-corrected chi connectivity index (χ3v) is 6.23. The molecule has 1 aliphatic carbocycles. The van der Waals surface area contributed by atoms with Crippen molar-refractivity contribution in [1.29, 1.82) is 0 Å². The normalized spacial score (nSPS) is 26.5. The third kappa shape index (κ3) is 4.24. The van der Waals surface area contributed by atoms with Crippen LogP contribution in [0.25, 0.3) is 0 Å². The van der Waals surface area contributed by atoms with Crippen molar-refractivity contribution < 1.29 is 4.74 Å². The van der Waals surface area contributed by atoms with Gasteiger partial charge in [-0.3, -0.25) is 0 Å². The maximum Gasteiger partial charge on any atom is 0.133 e. The van der Waals surface area contributed by atoms with Crippen molar-refractivity contribution in [2.24, 2.45) is 11.8 Å². The van der Waals surface area contributed by atoms with Gasteiger partial charge in [0.2, 0.25) is 0 Å². The molecule has 0 aliphatic heterocycles. The Kier molecular flexibility index (Phi) is 6.41. The molecule has 3 unspecified atom stereocenters. The topological polar surface area (TPSA) is 9.23 Å².